The van der Waals surface area contributed by atoms with Crippen molar-refractivity contribution in [2.45, 2.75) is 34.7 Å². The highest BCUT2D eigenvalue weighted by molar-refractivity contribution is 7.99. The van der Waals surface area contributed by atoms with Crippen LogP contribution in [0.25, 0.3) is 0 Å². The molecule has 2 aromatic carbocycles. The van der Waals surface area contributed by atoms with E-state index in [2.05, 4.69) is 53.8 Å². The molecule has 3 rings (SSSR count). The second kappa shape index (κ2) is 7.97. The van der Waals surface area contributed by atoms with Crippen molar-refractivity contribution < 1.29 is 9.84 Å². The Bertz CT molecular complexity index is 595. The van der Waals surface area contributed by atoms with Gasteiger partial charge >= 0.3 is 0 Å². The van der Waals surface area contributed by atoms with E-state index in [4.69, 9.17) is 4.74 Å². The highest BCUT2D eigenvalue weighted by atomic mass is 32.2. The van der Waals surface area contributed by atoms with Crippen molar-refractivity contribution in [1.29, 1.82) is 0 Å². The molecule has 23 heavy (non-hydrogen) atoms. The normalized spacial score (nSPS) is 17.1. The fourth-order valence-corrected chi connectivity index (χ4v) is 3.58. The van der Waals surface area contributed by atoms with Crippen molar-refractivity contribution in [2.75, 3.05) is 19.8 Å². The van der Waals surface area contributed by atoms with E-state index in [-0.39, 0.29) is 12.1 Å². The van der Waals surface area contributed by atoms with E-state index in [1.165, 1.54) is 15.4 Å². The minimum atomic E-state index is -0.185. The van der Waals surface area contributed by atoms with Crippen LogP contribution >= 0.6 is 11.8 Å². The van der Waals surface area contributed by atoms with Gasteiger partial charge in [0, 0.05) is 35.1 Å². The molecule has 2 N–H and O–H groups in total. The summed E-state index contributed by atoms with van der Waals surface area (Å²) in [6.07, 6.45) is 1.73. The Morgan fingerprint density at radius 2 is 1.61 bits per heavy atom. The molecule has 0 aliphatic carbocycles. The average molecular weight is 329 g/mol. The van der Waals surface area contributed by atoms with E-state index in [9.17, 15) is 5.11 Å². The number of ether oxygens (including phenoxy) is 1. The Morgan fingerprint density at radius 1 is 0.957 bits per heavy atom. The first-order valence-corrected chi connectivity index (χ1v) is 8.87. The van der Waals surface area contributed by atoms with Gasteiger partial charge in [-0.15, -0.1) is 0 Å². The number of hydrogen-bond acceptors (Lipinski definition) is 4. The standard InChI is InChI=1S/C19H23NO2S/c21-15-19(10-12-22-13-11-19)20-14-16-6-8-18(9-7-16)23-17-4-2-1-3-5-17/h1-9,20-21H,10-15H2. The van der Waals surface area contributed by atoms with Gasteiger partial charge in [0.1, 0.15) is 0 Å². The molecule has 1 aliphatic heterocycles. The fourth-order valence-electron chi connectivity index (χ4n) is 2.74. The van der Waals surface area contributed by atoms with Gasteiger partial charge in [-0.1, -0.05) is 42.1 Å². The molecule has 122 valence electrons. The summed E-state index contributed by atoms with van der Waals surface area (Å²) in [5.74, 6) is 0. The molecule has 0 amide bonds. The van der Waals surface area contributed by atoms with Gasteiger partial charge < -0.3 is 15.2 Å². The minimum absolute atomic E-state index is 0.165. The lowest BCUT2D eigenvalue weighted by Gasteiger charge is -2.36. The zero-order chi connectivity index (χ0) is 16.0. The second-order valence-corrected chi connectivity index (χ2v) is 7.11. The fraction of sp³-hybridized carbons (Fsp3) is 0.368. The predicted molar refractivity (Wildman–Crippen MR) is 93.7 cm³/mol. The van der Waals surface area contributed by atoms with Crippen LogP contribution in [0.3, 0.4) is 0 Å². The van der Waals surface area contributed by atoms with Crippen LogP contribution in [0.1, 0.15) is 18.4 Å². The molecule has 0 saturated carbocycles. The first-order valence-electron chi connectivity index (χ1n) is 8.05. The van der Waals surface area contributed by atoms with Crippen LogP contribution < -0.4 is 5.32 Å². The van der Waals surface area contributed by atoms with Gasteiger partial charge in [0.05, 0.1) is 6.61 Å². The van der Waals surface area contributed by atoms with Gasteiger partial charge in [0.25, 0.3) is 0 Å². The van der Waals surface area contributed by atoms with Crippen molar-refractivity contribution in [3.05, 3.63) is 60.2 Å². The highest BCUT2D eigenvalue weighted by Gasteiger charge is 2.31. The minimum Gasteiger partial charge on any atom is -0.394 e. The Balaban J connectivity index is 1.57. The second-order valence-electron chi connectivity index (χ2n) is 5.96. The van der Waals surface area contributed by atoms with Crippen LogP contribution in [0.2, 0.25) is 0 Å². The van der Waals surface area contributed by atoms with Gasteiger partial charge in [-0.3, -0.25) is 0 Å². The van der Waals surface area contributed by atoms with Crippen LogP contribution in [0.5, 0.6) is 0 Å². The van der Waals surface area contributed by atoms with Crippen LogP contribution in [0.4, 0.5) is 0 Å². The van der Waals surface area contributed by atoms with E-state index in [0.29, 0.717) is 0 Å². The van der Waals surface area contributed by atoms with Crippen molar-refractivity contribution in [3.63, 3.8) is 0 Å². The first kappa shape index (κ1) is 16.5. The maximum Gasteiger partial charge on any atom is 0.0615 e. The molecule has 1 heterocycles. The van der Waals surface area contributed by atoms with E-state index in [1.54, 1.807) is 11.8 Å². The number of nitrogens with one attached hydrogen (secondary N) is 1. The van der Waals surface area contributed by atoms with Gasteiger partial charge in [-0.25, -0.2) is 0 Å². The smallest absolute Gasteiger partial charge is 0.0615 e. The lowest BCUT2D eigenvalue weighted by molar-refractivity contribution is 0.0112. The highest BCUT2D eigenvalue weighted by Crippen LogP contribution is 2.27. The first-order chi connectivity index (χ1) is 11.3. The number of hydrogen-bond donors (Lipinski definition) is 2. The summed E-state index contributed by atoms with van der Waals surface area (Å²) in [5.41, 5.74) is 1.05. The zero-order valence-electron chi connectivity index (χ0n) is 13.2. The number of rotatable bonds is 6. The maximum atomic E-state index is 9.71. The molecule has 0 spiro atoms. The molecule has 1 saturated heterocycles. The predicted octanol–water partition coefficient (Wildman–Crippen LogP) is 3.47. The lowest BCUT2D eigenvalue weighted by atomic mass is 9.91. The Hall–Kier alpha value is -1.33. The molecule has 4 heteroatoms. The summed E-state index contributed by atoms with van der Waals surface area (Å²) in [4.78, 5) is 2.49. The molecule has 0 bridgehead atoms. The summed E-state index contributed by atoms with van der Waals surface area (Å²) >= 11 is 1.77. The zero-order valence-corrected chi connectivity index (χ0v) is 14.0. The lowest BCUT2D eigenvalue weighted by Crippen LogP contribution is -2.51. The van der Waals surface area contributed by atoms with Gasteiger partial charge in [-0.2, -0.15) is 0 Å². The van der Waals surface area contributed by atoms with Gasteiger partial charge in [0.2, 0.25) is 0 Å². The van der Waals surface area contributed by atoms with E-state index >= 15 is 0 Å². The monoisotopic (exact) mass is 329 g/mol. The molecule has 0 aromatic heterocycles. The van der Waals surface area contributed by atoms with Crippen molar-refractivity contribution >= 4 is 11.8 Å². The Morgan fingerprint density at radius 3 is 2.26 bits per heavy atom. The quantitative estimate of drug-likeness (QED) is 0.851. The maximum absolute atomic E-state index is 9.71. The molecule has 0 atom stereocenters. The molecule has 0 unspecified atom stereocenters. The summed E-state index contributed by atoms with van der Waals surface area (Å²) in [5, 5.41) is 13.2. The summed E-state index contributed by atoms with van der Waals surface area (Å²) in [6, 6.07) is 19.0. The summed E-state index contributed by atoms with van der Waals surface area (Å²) < 4.78 is 5.40. The van der Waals surface area contributed by atoms with E-state index < -0.39 is 0 Å². The molecule has 3 nitrogen and oxygen atoms in total. The topological polar surface area (TPSA) is 41.5 Å². The molecule has 0 radical (unpaired) electrons. The number of aliphatic hydroxyl groups is 1. The van der Waals surface area contributed by atoms with Gasteiger partial charge in [0.15, 0.2) is 0 Å². The molecular formula is C19H23NO2S. The van der Waals surface area contributed by atoms with Crippen LogP contribution in [0, 0.1) is 0 Å². The van der Waals surface area contributed by atoms with Gasteiger partial charge in [-0.05, 0) is 42.7 Å². The van der Waals surface area contributed by atoms with Crippen molar-refractivity contribution in [3.8, 4) is 0 Å². The SMILES string of the molecule is OCC1(NCc2ccc(Sc3ccccc3)cc2)CCOCC1. The van der Waals surface area contributed by atoms with Crippen molar-refractivity contribution in [2.24, 2.45) is 0 Å². The number of aliphatic hydroxyl groups excluding tert-OH is 1. The molecule has 1 fully saturated rings. The molecular weight excluding hydrogens is 306 g/mol. The van der Waals surface area contributed by atoms with Crippen LogP contribution in [-0.2, 0) is 11.3 Å². The Labute approximate surface area is 142 Å². The van der Waals surface area contributed by atoms with Crippen LogP contribution in [0.15, 0.2) is 64.4 Å². The van der Waals surface area contributed by atoms with E-state index in [1.807, 2.05) is 6.07 Å². The van der Waals surface area contributed by atoms with E-state index in [0.717, 1.165) is 32.6 Å². The largest absolute Gasteiger partial charge is 0.394 e. The third kappa shape index (κ3) is 4.58. The molecule has 1 aliphatic rings. The number of benzene rings is 2. The average Bonchev–Trinajstić information content (AvgIpc) is 2.63. The van der Waals surface area contributed by atoms with Crippen molar-refractivity contribution in [1.82, 2.24) is 5.32 Å². The summed E-state index contributed by atoms with van der Waals surface area (Å²) in [7, 11) is 0. The van der Waals surface area contributed by atoms with Crippen LogP contribution in [-0.4, -0.2) is 30.5 Å². The molecule has 2 aromatic rings. The third-order valence-electron chi connectivity index (χ3n) is 4.32. The Kier molecular flexibility index (Phi) is 5.73. The third-order valence-corrected chi connectivity index (χ3v) is 5.34. The summed E-state index contributed by atoms with van der Waals surface area (Å²) in [6.45, 7) is 2.38.